The fraction of sp³-hybridized carbons (Fsp3) is 0.111. The molecular formula is C9H10N. The number of nitrogens with zero attached hydrogens (tertiary/aromatic N) is 1. The highest BCUT2D eigenvalue weighted by atomic mass is 14.9. The van der Waals surface area contributed by atoms with Gasteiger partial charge in [0.25, 0.3) is 0 Å². The van der Waals surface area contributed by atoms with E-state index in [1.165, 1.54) is 0 Å². The Morgan fingerprint density at radius 1 is 1.30 bits per heavy atom. The smallest absolute Gasteiger partial charge is 0.0632 e. The van der Waals surface area contributed by atoms with Gasteiger partial charge >= 0.3 is 0 Å². The van der Waals surface area contributed by atoms with E-state index >= 15 is 0 Å². The lowest BCUT2D eigenvalue weighted by atomic mass is 10.3. The fourth-order valence-electron chi connectivity index (χ4n) is 0.723. The maximum absolute atomic E-state index is 4.16. The van der Waals surface area contributed by atoms with E-state index in [4.69, 9.17) is 0 Å². The minimum atomic E-state index is 0.839. The van der Waals surface area contributed by atoms with Gasteiger partial charge in [-0.2, -0.15) is 0 Å². The zero-order chi connectivity index (χ0) is 7.40. The average molecular weight is 132 g/mol. The summed E-state index contributed by atoms with van der Waals surface area (Å²) in [7, 11) is 0. The summed E-state index contributed by atoms with van der Waals surface area (Å²) in [5, 5.41) is 4.16. The monoisotopic (exact) mass is 132 g/mol. The van der Waals surface area contributed by atoms with E-state index in [1.54, 1.807) is 0 Å². The second-order valence-electron chi connectivity index (χ2n) is 2.18. The van der Waals surface area contributed by atoms with Crippen molar-refractivity contribution >= 4 is 5.69 Å². The highest BCUT2D eigenvalue weighted by molar-refractivity contribution is 5.37. The molecule has 0 spiro atoms. The van der Waals surface area contributed by atoms with Crippen LogP contribution in [0.15, 0.2) is 42.6 Å². The van der Waals surface area contributed by atoms with Crippen LogP contribution in [0, 0.1) is 0 Å². The summed E-state index contributed by atoms with van der Waals surface area (Å²) in [6.45, 7) is 5.57. The van der Waals surface area contributed by atoms with Gasteiger partial charge in [0, 0.05) is 5.70 Å². The predicted octanol–water partition coefficient (Wildman–Crippen LogP) is 2.46. The molecule has 0 aliphatic rings. The van der Waals surface area contributed by atoms with Crippen LogP contribution in [-0.2, 0) is 0 Å². The third-order valence-corrected chi connectivity index (χ3v) is 1.08. The van der Waals surface area contributed by atoms with Crippen molar-refractivity contribution in [1.82, 2.24) is 5.32 Å². The van der Waals surface area contributed by atoms with Crippen molar-refractivity contribution in [2.45, 2.75) is 6.92 Å². The Morgan fingerprint density at radius 2 is 1.90 bits per heavy atom. The summed E-state index contributed by atoms with van der Waals surface area (Å²) < 4.78 is 0. The molecule has 0 fully saturated rings. The summed E-state index contributed by atoms with van der Waals surface area (Å²) in [6, 6.07) is 9.80. The first-order valence-corrected chi connectivity index (χ1v) is 3.21. The molecule has 0 amide bonds. The number of allylic oxidation sites excluding steroid dienone is 1. The second-order valence-corrected chi connectivity index (χ2v) is 2.18. The van der Waals surface area contributed by atoms with Gasteiger partial charge in [-0.1, -0.05) is 24.8 Å². The van der Waals surface area contributed by atoms with Crippen LogP contribution in [0.4, 0.5) is 5.69 Å². The van der Waals surface area contributed by atoms with Crippen LogP contribution in [0.2, 0.25) is 0 Å². The number of hydrogen-bond acceptors (Lipinski definition) is 0. The molecule has 0 aliphatic carbocycles. The molecule has 0 saturated carbocycles. The molecule has 0 saturated heterocycles. The first-order valence-electron chi connectivity index (χ1n) is 3.21. The van der Waals surface area contributed by atoms with Crippen LogP contribution >= 0.6 is 0 Å². The fourth-order valence-corrected chi connectivity index (χ4v) is 0.723. The molecule has 1 nitrogen and oxygen atoms in total. The van der Waals surface area contributed by atoms with Gasteiger partial charge in [-0.25, -0.2) is 0 Å². The summed E-state index contributed by atoms with van der Waals surface area (Å²) in [5.41, 5.74) is 1.81. The van der Waals surface area contributed by atoms with Gasteiger partial charge in [-0.15, -0.1) is 0 Å². The molecule has 0 bridgehead atoms. The Hall–Kier alpha value is -1.24. The van der Waals surface area contributed by atoms with Gasteiger partial charge in [0.1, 0.15) is 0 Å². The maximum atomic E-state index is 4.16. The molecule has 51 valence electrons. The van der Waals surface area contributed by atoms with E-state index in [0.29, 0.717) is 0 Å². The van der Waals surface area contributed by atoms with Crippen LogP contribution in [0.5, 0.6) is 0 Å². The molecular weight excluding hydrogens is 122 g/mol. The zero-order valence-corrected chi connectivity index (χ0v) is 6.04. The highest BCUT2D eigenvalue weighted by Crippen LogP contribution is 2.06. The van der Waals surface area contributed by atoms with Crippen LogP contribution in [0.1, 0.15) is 6.92 Å². The zero-order valence-electron chi connectivity index (χ0n) is 6.04. The van der Waals surface area contributed by atoms with Crippen molar-refractivity contribution in [2.24, 2.45) is 0 Å². The molecule has 1 radical (unpaired) electrons. The summed E-state index contributed by atoms with van der Waals surface area (Å²) >= 11 is 0. The molecule has 1 aromatic carbocycles. The second kappa shape index (κ2) is 3.06. The van der Waals surface area contributed by atoms with E-state index in [9.17, 15) is 0 Å². The van der Waals surface area contributed by atoms with Gasteiger partial charge in [-0.3, -0.25) is 5.32 Å². The van der Waals surface area contributed by atoms with E-state index in [-0.39, 0.29) is 0 Å². The summed E-state index contributed by atoms with van der Waals surface area (Å²) in [6.07, 6.45) is 0. The van der Waals surface area contributed by atoms with Crippen molar-refractivity contribution < 1.29 is 0 Å². The Balaban J connectivity index is 2.67. The van der Waals surface area contributed by atoms with Crippen molar-refractivity contribution in [1.29, 1.82) is 0 Å². The molecule has 10 heavy (non-hydrogen) atoms. The number of rotatable bonds is 2. The minimum absolute atomic E-state index is 0.839. The summed E-state index contributed by atoms with van der Waals surface area (Å²) in [5.74, 6) is 0. The first kappa shape index (κ1) is 6.87. The molecule has 0 aliphatic heterocycles. The van der Waals surface area contributed by atoms with Gasteiger partial charge in [0.15, 0.2) is 0 Å². The predicted molar refractivity (Wildman–Crippen MR) is 43.1 cm³/mol. The van der Waals surface area contributed by atoms with Gasteiger partial charge in [0.2, 0.25) is 0 Å². The van der Waals surface area contributed by atoms with Crippen LogP contribution in [0.3, 0.4) is 0 Å². The van der Waals surface area contributed by atoms with E-state index in [2.05, 4.69) is 11.9 Å². The highest BCUT2D eigenvalue weighted by Gasteiger charge is 1.88. The Bertz CT molecular complexity index is 213. The normalized spacial score (nSPS) is 8.90. The van der Waals surface area contributed by atoms with E-state index in [1.807, 2.05) is 37.3 Å². The number of benzene rings is 1. The Morgan fingerprint density at radius 3 is 2.40 bits per heavy atom. The van der Waals surface area contributed by atoms with E-state index < -0.39 is 0 Å². The van der Waals surface area contributed by atoms with Gasteiger partial charge < -0.3 is 0 Å². The third kappa shape index (κ3) is 1.94. The third-order valence-electron chi connectivity index (χ3n) is 1.08. The molecule has 0 unspecified atom stereocenters. The Labute approximate surface area is 61.4 Å². The molecule has 1 heteroatoms. The van der Waals surface area contributed by atoms with Crippen LogP contribution in [-0.4, -0.2) is 0 Å². The molecule has 1 aromatic rings. The average Bonchev–Trinajstić information content (AvgIpc) is 1.88. The first-order chi connectivity index (χ1) is 4.79. The van der Waals surface area contributed by atoms with Crippen LogP contribution in [0.25, 0.3) is 0 Å². The lowest BCUT2D eigenvalue weighted by Gasteiger charge is -1.98. The molecule has 0 N–H and O–H groups in total. The minimum Gasteiger partial charge on any atom is -0.254 e. The lowest BCUT2D eigenvalue weighted by Crippen LogP contribution is -1.90. The molecule has 0 aromatic heterocycles. The molecule has 0 atom stereocenters. The van der Waals surface area contributed by atoms with Gasteiger partial charge in [0.05, 0.1) is 5.69 Å². The van der Waals surface area contributed by atoms with Crippen LogP contribution < -0.4 is 5.32 Å². The maximum Gasteiger partial charge on any atom is 0.0632 e. The standard InChI is InChI=1S/C9H10N/c1-8(2)10-9-6-4-3-5-7-9/h3-7H,1H2,2H3. The van der Waals surface area contributed by atoms with Crippen molar-refractivity contribution in [2.75, 3.05) is 0 Å². The SMILES string of the molecule is C=C(C)[N]c1ccccc1. The number of hydrogen-bond donors (Lipinski definition) is 0. The quantitative estimate of drug-likeness (QED) is 0.587. The van der Waals surface area contributed by atoms with Crippen molar-refractivity contribution in [3.8, 4) is 0 Å². The molecule has 1 rings (SSSR count). The lowest BCUT2D eigenvalue weighted by molar-refractivity contribution is 1.06. The summed E-state index contributed by atoms with van der Waals surface area (Å²) in [4.78, 5) is 0. The van der Waals surface area contributed by atoms with Gasteiger partial charge in [-0.05, 0) is 19.1 Å². The Kier molecular flexibility index (Phi) is 2.11. The topological polar surface area (TPSA) is 14.1 Å². The van der Waals surface area contributed by atoms with E-state index in [0.717, 1.165) is 11.4 Å². The molecule has 0 heterocycles. The van der Waals surface area contributed by atoms with Crippen molar-refractivity contribution in [3.63, 3.8) is 0 Å². The number of para-hydroxylation sites is 1. The van der Waals surface area contributed by atoms with Crippen molar-refractivity contribution in [3.05, 3.63) is 42.6 Å². The largest absolute Gasteiger partial charge is 0.254 e.